The number of amides is 1. The van der Waals surface area contributed by atoms with Gasteiger partial charge in [0, 0.05) is 31.6 Å². The highest BCUT2D eigenvalue weighted by molar-refractivity contribution is 6.00. The zero-order valence-corrected chi connectivity index (χ0v) is 12.5. The van der Waals surface area contributed by atoms with Gasteiger partial charge in [0.25, 0.3) is 5.91 Å². The molecule has 6 heteroatoms. The van der Waals surface area contributed by atoms with Crippen LogP contribution in [0, 0.1) is 0 Å². The molecule has 1 heterocycles. The van der Waals surface area contributed by atoms with Crippen molar-refractivity contribution in [3.05, 3.63) is 40.2 Å². The Labute approximate surface area is 127 Å². The lowest BCUT2D eigenvalue weighted by atomic mass is 10.1. The van der Waals surface area contributed by atoms with Gasteiger partial charge in [-0.1, -0.05) is 6.07 Å². The number of carbonyl (C=O) groups is 1. The molecule has 1 aliphatic carbocycles. The van der Waals surface area contributed by atoms with Crippen molar-refractivity contribution in [2.24, 2.45) is 0 Å². The standard InChI is InChI=1S/C16H19N3O3/c1-22-8-7-19-9-11(16(21)18-10-5-6-10)15(20)14-12(17)3-2-4-13(14)19/h2-4,9-10H,5-8,17H2,1H3,(H,18,21). The van der Waals surface area contributed by atoms with Crippen LogP contribution < -0.4 is 16.5 Å². The van der Waals surface area contributed by atoms with Gasteiger partial charge < -0.3 is 20.4 Å². The lowest BCUT2D eigenvalue weighted by Crippen LogP contribution is -2.31. The average molecular weight is 301 g/mol. The number of nitrogens with two attached hydrogens (primary N) is 1. The van der Waals surface area contributed by atoms with Crippen LogP contribution in [0.1, 0.15) is 23.2 Å². The van der Waals surface area contributed by atoms with E-state index in [4.69, 9.17) is 10.5 Å². The molecule has 3 rings (SSSR count). The number of fused-ring (bicyclic) bond motifs is 1. The largest absolute Gasteiger partial charge is 0.398 e. The van der Waals surface area contributed by atoms with E-state index in [9.17, 15) is 9.59 Å². The van der Waals surface area contributed by atoms with Gasteiger partial charge in [0.05, 0.1) is 17.5 Å². The van der Waals surface area contributed by atoms with Crippen LogP contribution in [0.2, 0.25) is 0 Å². The molecule has 1 aliphatic rings. The lowest BCUT2D eigenvalue weighted by molar-refractivity contribution is 0.0949. The zero-order valence-electron chi connectivity index (χ0n) is 12.5. The van der Waals surface area contributed by atoms with E-state index in [-0.39, 0.29) is 22.9 Å². The van der Waals surface area contributed by atoms with Crippen molar-refractivity contribution in [1.29, 1.82) is 0 Å². The maximum absolute atomic E-state index is 12.6. The minimum Gasteiger partial charge on any atom is -0.398 e. The van der Waals surface area contributed by atoms with Gasteiger partial charge in [-0.3, -0.25) is 9.59 Å². The van der Waals surface area contributed by atoms with Gasteiger partial charge in [0.2, 0.25) is 5.43 Å². The molecule has 1 saturated carbocycles. The summed E-state index contributed by atoms with van der Waals surface area (Å²) in [4.78, 5) is 24.9. The van der Waals surface area contributed by atoms with Crippen molar-refractivity contribution in [3.63, 3.8) is 0 Å². The highest BCUT2D eigenvalue weighted by atomic mass is 16.5. The fourth-order valence-corrected chi connectivity index (χ4v) is 2.49. The maximum atomic E-state index is 12.6. The van der Waals surface area contributed by atoms with Crippen LogP contribution in [0.15, 0.2) is 29.2 Å². The molecule has 0 radical (unpaired) electrons. The lowest BCUT2D eigenvalue weighted by Gasteiger charge is -2.14. The van der Waals surface area contributed by atoms with Crippen LogP contribution in [0.4, 0.5) is 5.69 Å². The van der Waals surface area contributed by atoms with Crippen LogP contribution >= 0.6 is 0 Å². The van der Waals surface area contributed by atoms with E-state index in [1.807, 2.05) is 10.6 Å². The van der Waals surface area contributed by atoms with Crippen LogP contribution in [-0.2, 0) is 11.3 Å². The normalized spacial score (nSPS) is 14.2. The number of hydrogen-bond donors (Lipinski definition) is 2. The summed E-state index contributed by atoms with van der Waals surface area (Å²) in [5.41, 5.74) is 6.87. The molecular formula is C16H19N3O3. The number of carbonyl (C=O) groups excluding carboxylic acids is 1. The van der Waals surface area contributed by atoms with Gasteiger partial charge in [-0.05, 0) is 25.0 Å². The predicted molar refractivity (Wildman–Crippen MR) is 85.0 cm³/mol. The Balaban J connectivity index is 2.14. The van der Waals surface area contributed by atoms with E-state index < -0.39 is 0 Å². The van der Waals surface area contributed by atoms with E-state index in [2.05, 4.69) is 5.32 Å². The summed E-state index contributed by atoms with van der Waals surface area (Å²) in [6.07, 6.45) is 3.54. The van der Waals surface area contributed by atoms with Crippen molar-refractivity contribution >= 4 is 22.5 Å². The fraction of sp³-hybridized carbons (Fsp3) is 0.375. The molecule has 0 bridgehead atoms. The van der Waals surface area contributed by atoms with Crippen molar-refractivity contribution in [1.82, 2.24) is 9.88 Å². The summed E-state index contributed by atoms with van der Waals surface area (Å²) in [6, 6.07) is 5.49. The first-order chi connectivity index (χ1) is 10.6. The first-order valence-corrected chi connectivity index (χ1v) is 7.33. The van der Waals surface area contributed by atoms with E-state index in [0.717, 1.165) is 12.8 Å². The second kappa shape index (κ2) is 5.81. The number of pyridine rings is 1. The molecule has 1 aromatic carbocycles. The van der Waals surface area contributed by atoms with Gasteiger partial charge >= 0.3 is 0 Å². The Kier molecular flexibility index (Phi) is 3.85. The smallest absolute Gasteiger partial charge is 0.256 e. The molecule has 1 amide bonds. The zero-order chi connectivity index (χ0) is 15.7. The first-order valence-electron chi connectivity index (χ1n) is 7.33. The predicted octanol–water partition coefficient (Wildman–Crippen LogP) is 1.12. The van der Waals surface area contributed by atoms with Crippen LogP contribution in [0.3, 0.4) is 0 Å². The van der Waals surface area contributed by atoms with Gasteiger partial charge in [0.1, 0.15) is 5.56 Å². The van der Waals surface area contributed by atoms with E-state index in [1.54, 1.807) is 25.4 Å². The number of nitrogens with zero attached hydrogens (tertiary/aromatic N) is 1. The molecule has 0 spiro atoms. The fourth-order valence-electron chi connectivity index (χ4n) is 2.49. The second-order valence-electron chi connectivity index (χ2n) is 5.55. The summed E-state index contributed by atoms with van der Waals surface area (Å²) in [5.74, 6) is -0.330. The monoisotopic (exact) mass is 301 g/mol. The van der Waals surface area contributed by atoms with Crippen molar-refractivity contribution in [2.45, 2.75) is 25.4 Å². The van der Waals surface area contributed by atoms with E-state index in [0.29, 0.717) is 29.7 Å². The molecule has 0 saturated heterocycles. The van der Waals surface area contributed by atoms with Gasteiger partial charge in [0.15, 0.2) is 0 Å². The van der Waals surface area contributed by atoms with Gasteiger partial charge in [-0.15, -0.1) is 0 Å². The Morgan fingerprint density at radius 1 is 1.45 bits per heavy atom. The summed E-state index contributed by atoms with van der Waals surface area (Å²) in [6.45, 7) is 1.02. The highest BCUT2D eigenvalue weighted by Crippen LogP contribution is 2.21. The Morgan fingerprint density at radius 3 is 2.91 bits per heavy atom. The molecule has 0 aliphatic heterocycles. The third-order valence-corrected chi connectivity index (χ3v) is 3.83. The molecule has 22 heavy (non-hydrogen) atoms. The minimum absolute atomic E-state index is 0.133. The van der Waals surface area contributed by atoms with E-state index >= 15 is 0 Å². The number of methoxy groups -OCH3 is 1. The molecule has 3 N–H and O–H groups in total. The Hall–Kier alpha value is -2.34. The molecule has 116 valence electrons. The number of rotatable bonds is 5. The van der Waals surface area contributed by atoms with Gasteiger partial charge in [-0.25, -0.2) is 0 Å². The first kappa shape index (κ1) is 14.6. The summed E-state index contributed by atoms with van der Waals surface area (Å²) in [7, 11) is 1.61. The summed E-state index contributed by atoms with van der Waals surface area (Å²) >= 11 is 0. The number of nitrogens with one attached hydrogen (secondary N) is 1. The topological polar surface area (TPSA) is 86.3 Å². The molecule has 1 fully saturated rings. The third-order valence-electron chi connectivity index (χ3n) is 3.83. The molecule has 1 aromatic heterocycles. The maximum Gasteiger partial charge on any atom is 0.256 e. The van der Waals surface area contributed by atoms with Crippen LogP contribution in [0.5, 0.6) is 0 Å². The van der Waals surface area contributed by atoms with Crippen molar-refractivity contribution < 1.29 is 9.53 Å². The summed E-state index contributed by atoms with van der Waals surface area (Å²) in [5, 5.41) is 3.24. The number of benzene rings is 1. The number of aromatic nitrogens is 1. The minimum atomic E-state index is -0.330. The van der Waals surface area contributed by atoms with E-state index in [1.165, 1.54) is 0 Å². The van der Waals surface area contributed by atoms with Crippen LogP contribution in [0.25, 0.3) is 10.9 Å². The third kappa shape index (κ3) is 2.69. The summed E-state index contributed by atoms with van der Waals surface area (Å²) < 4.78 is 6.94. The average Bonchev–Trinajstić information content (AvgIpc) is 3.30. The molecule has 2 aromatic rings. The molecule has 0 unspecified atom stereocenters. The number of nitrogen functional groups attached to an aromatic ring is 1. The van der Waals surface area contributed by atoms with Crippen LogP contribution in [-0.4, -0.2) is 30.2 Å². The Bertz CT molecular complexity index is 778. The SMILES string of the molecule is COCCn1cc(C(=O)NC2CC2)c(=O)c2c(N)cccc21. The second-order valence-corrected chi connectivity index (χ2v) is 5.55. The van der Waals surface area contributed by atoms with Crippen molar-refractivity contribution in [3.8, 4) is 0 Å². The van der Waals surface area contributed by atoms with Gasteiger partial charge in [-0.2, -0.15) is 0 Å². The number of anilines is 1. The molecular weight excluding hydrogens is 282 g/mol. The molecule has 6 nitrogen and oxygen atoms in total. The quantitative estimate of drug-likeness (QED) is 0.810. The highest BCUT2D eigenvalue weighted by Gasteiger charge is 2.26. The van der Waals surface area contributed by atoms with Crippen molar-refractivity contribution in [2.75, 3.05) is 19.5 Å². The number of hydrogen-bond acceptors (Lipinski definition) is 4. The Morgan fingerprint density at radius 2 is 2.23 bits per heavy atom. The molecule has 0 atom stereocenters. The number of ether oxygens (including phenoxy) is 1.